The fourth-order valence-electron chi connectivity index (χ4n) is 1.76. The number of nitrogens with one attached hydrogen (secondary N) is 2. The monoisotopic (exact) mass is 204 g/mol. The Morgan fingerprint density at radius 1 is 1.53 bits per heavy atom. The van der Waals surface area contributed by atoms with E-state index in [-0.39, 0.29) is 11.9 Å². The minimum atomic E-state index is -0.300. The van der Waals surface area contributed by atoms with Crippen LogP contribution >= 0.6 is 0 Å². The van der Waals surface area contributed by atoms with Gasteiger partial charge in [-0.05, 0) is 24.2 Å². The van der Waals surface area contributed by atoms with Crippen LogP contribution in [0.1, 0.15) is 17.2 Å². The molecule has 4 nitrogen and oxygen atoms in total. The van der Waals surface area contributed by atoms with Crippen molar-refractivity contribution in [2.24, 2.45) is 0 Å². The summed E-state index contributed by atoms with van der Waals surface area (Å²) in [6.07, 6.45) is 1.25. The van der Waals surface area contributed by atoms with Crippen LogP contribution in [0.5, 0.6) is 0 Å². The lowest BCUT2D eigenvalue weighted by molar-refractivity contribution is -0.115. The Hall–Kier alpha value is -1.68. The van der Waals surface area contributed by atoms with Crippen molar-refractivity contribution in [3.8, 4) is 0 Å². The molecule has 1 amide bonds. The van der Waals surface area contributed by atoms with Gasteiger partial charge in [-0.25, -0.2) is 0 Å². The lowest BCUT2D eigenvalue weighted by atomic mass is 10.0. The molecule has 1 aliphatic heterocycles. The number of amides is 1. The predicted molar refractivity (Wildman–Crippen MR) is 56.6 cm³/mol. The Bertz CT molecular complexity index is 415. The van der Waals surface area contributed by atoms with E-state index >= 15 is 0 Å². The van der Waals surface area contributed by atoms with Crippen LogP contribution in [0.4, 0.5) is 5.69 Å². The van der Waals surface area contributed by atoms with Gasteiger partial charge in [0.25, 0.3) is 0 Å². The van der Waals surface area contributed by atoms with Crippen molar-refractivity contribution in [2.75, 3.05) is 12.4 Å². The Morgan fingerprint density at radius 3 is 3.00 bits per heavy atom. The van der Waals surface area contributed by atoms with E-state index in [4.69, 9.17) is 0 Å². The molecule has 0 fully saturated rings. The van der Waals surface area contributed by atoms with E-state index in [9.17, 15) is 9.59 Å². The molecule has 0 spiro atoms. The molecule has 1 aromatic rings. The summed E-state index contributed by atoms with van der Waals surface area (Å²) >= 11 is 0. The molecule has 4 heteroatoms. The lowest BCUT2D eigenvalue weighted by Crippen LogP contribution is -2.17. The number of hydrogen-bond donors (Lipinski definition) is 2. The van der Waals surface area contributed by atoms with Crippen molar-refractivity contribution in [2.45, 2.75) is 12.5 Å². The van der Waals surface area contributed by atoms with Crippen LogP contribution in [0.3, 0.4) is 0 Å². The number of aldehydes is 1. The van der Waals surface area contributed by atoms with Crippen LogP contribution in [0.25, 0.3) is 0 Å². The molecule has 15 heavy (non-hydrogen) atoms. The zero-order valence-corrected chi connectivity index (χ0v) is 8.41. The molecule has 2 rings (SSSR count). The SMILES string of the molecule is CNC(C=O)c1ccc2c(c1)CC(=O)N2. The maximum atomic E-state index is 11.1. The van der Waals surface area contributed by atoms with Crippen molar-refractivity contribution in [3.05, 3.63) is 29.3 Å². The van der Waals surface area contributed by atoms with Gasteiger partial charge in [0, 0.05) is 5.69 Å². The summed E-state index contributed by atoms with van der Waals surface area (Å²) in [6, 6.07) is 5.28. The largest absolute Gasteiger partial charge is 0.326 e. The molecule has 0 aromatic heterocycles. The van der Waals surface area contributed by atoms with E-state index in [1.54, 1.807) is 7.05 Å². The fourth-order valence-corrected chi connectivity index (χ4v) is 1.76. The van der Waals surface area contributed by atoms with Gasteiger partial charge < -0.3 is 15.4 Å². The standard InChI is InChI=1S/C11H12N2O2/c1-12-10(6-14)7-2-3-9-8(4-7)5-11(15)13-9/h2-4,6,10,12H,5H2,1H3,(H,13,15). The van der Waals surface area contributed by atoms with E-state index in [1.807, 2.05) is 18.2 Å². The lowest BCUT2D eigenvalue weighted by Gasteiger charge is -2.10. The molecule has 1 aromatic carbocycles. The molecule has 1 heterocycles. The van der Waals surface area contributed by atoms with Gasteiger partial charge >= 0.3 is 0 Å². The summed E-state index contributed by atoms with van der Waals surface area (Å²) in [6.45, 7) is 0. The number of carbonyl (C=O) groups excluding carboxylic acids is 2. The maximum Gasteiger partial charge on any atom is 0.228 e. The predicted octanol–water partition coefficient (Wildman–Crippen LogP) is 0.641. The van der Waals surface area contributed by atoms with Crippen LogP contribution in [0.2, 0.25) is 0 Å². The van der Waals surface area contributed by atoms with E-state index in [0.717, 1.165) is 23.1 Å². The van der Waals surface area contributed by atoms with Crippen molar-refractivity contribution in [1.82, 2.24) is 5.32 Å². The topological polar surface area (TPSA) is 58.2 Å². The summed E-state index contributed by atoms with van der Waals surface area (Å²) in [5.41, 5.74) is 2.70. The summed E-state index contributed by atoms with van der Waals surface area (Å²) in [5.74, 6) is 0.00857. The highest BCUT2D eigenvalue weighted by Gasteiger charge is 2.19. The first kappa shape index (κ1) is 9.86. The van der Waals surface area contributed by atoms with Crippen molar-refractivity contribution in [1.29, 1.82) is 0 Å². The fraction of sp³-hybridized carbons (Fsp3) is 0.273. The summed E-state index contributed by atoms with van der Waals surface area (Å²) < 4.78 is 0. The van der Waals surface area contributed by atoms with Crippen LogP contribution in [0.15, 0.2) is 18.2 Å². The van der Waals surface area contributed by atoms with Gasteiger partial charge in [-0.1, -0.05) is 12.1 Å². The number of anilines is 1. The van der Waals surface area contributed by atoms with Crippen LogP contribution in [0, 0.1) is 0 Å². The second-order valence-electron chi connectivity index (χ2n) is 3.54. The van der Waals surface area contributed by atoms with Crippen molar-refractivity contribution in [3.63, 3.8) is 0 Å². The number of carbonyl (C=O) groups is 2. The third-order valence-electron chi connectivity index (χ3n) is 2.56. The highest BCUT2D eigenvalue weighted by molar-refractivity contribution is 5.99. The normalized spacial score (nSPS) is 15.7. The molecule has 1 aliphatic rings. The van der Waals surface area contributed by atoms with Crippen LogP contribution in [-0.2, 0) is 16.0 Å². The first-order valence-corrected chi connectivity index (χ1v) is 4.80. The van der Waals surface area contributed by atoms with Gasteiger partial charge in [0.05, 0.1) is 12.5 Å². The molecular formula is C11H12N2O2. The molecule has 0 bridgehead atoms. The number of benzene rings is 1. The van der Waals surface area contributed by atoms with E-state index in [2.05, 4.69) is 10.6 Å². The van der Waals surface area contributed by atoms with E-state index in [0.29, 0.717) is 6.42 Å². The van der Waals surface area contributed by atoms with Crippen LogP contribution < -0.4 is 10.6 Å². The average Bonchev–Trinajstić information content (AvgIpc) is 2.59. The highest BCUT2D eigenvalue weighted by Crippen LogP contribution is 2.25. The van der Waals surface area contributed by atoms with Gasteiger partial charge in [-0.2, -0.15) is 0 Å². The van der Waals surface area contributed by atoms with Gasteiger partial charge in [-0.3, -0.25) is 4.79 Å². The molecule has 1 atom stereocenters. The minimum absolute atomic E-state index is 0.00857. The Kier molecular flexibility index (Phi) is 2.51. The summed E-state index contributed by atoms with van der Waals surface area (Å²) in [5, 5.41) is 5.65. The Labute approximate surface area is 87.7 Å². The smallest absolute Gasteiger partial charge is 0.228 e. The third kappa shape index (κ3) is 1.76. The zero-order valence-electron chi connectivity index (χ0n) is 8.41. The molecule has 0 radical (unpaired) electrons. The maximum absolute atomic E-state index is 11.1. The van der Waals surface area contributed by atoms with Crippen LogP contribution in [-0.4, -0.2) is 19.2 Å². The summed E-state index contributed by atoms with van der Waals surface area (Å²) in [7, 11) is 1.73. The number of likely N-dealkylation sites (N-methyl/N-ethyl adjacent to an activating group) is 1. The molecule has 0 saturated heterocycles. The van der Waals surface area contributed by atoms with Gasteiger partial charge in [0.1, 0.15) is 6.29 Å². The highest BCUT2D eigenvalue weighted by atomic mass is 16.1. The second-order valence-corrected chi connectivity index (χ2v) is 3.54. The molecule has 0 saturated carbocycles. The quantitative estimate of drug-likeness (QED) is 0.710. The first-order valence-electron chi connectivity index (χ1n) is 4.80. The van der Waals surface area contributed by atoms with Crippen molar-refractivity contribution >= 4 is 17.9 Å². The van der Waals surface area contributed by atoms with E-state index in [1.165, 1.54) is 0 Å². The van der Waals surface area contributed by atoms with Crippen molar-refractivity contribution < 1.29 is 9.59 Å². The minimum Gasteiger partial charge on any atom is -0.326 e. The first-order chi connectivity index (χ1) is 7.24. The second kappa shape index (κ2) is 3.82. The molecule has 0 aliphatic carbocycles. The van der Waals surface area contributed by atoms with E-state index < -0.39 is 0 Å². The molecule has 2 N–H and O–H groups in total. The number of hydrogen-bond acceptors (Lipinski definition) is 3. The van der Waals surface area contributed by atoms with Gasteiger partial charge in [0.2, 0.25) is 5.91 Å². The third-order valence-corrected chi connectivity index (χ3v) is 2.56. The molecule has 78 valence electrons. The van der Waals surface area contributed by atoms with Gasteiger partial charge in [-0.15, -0.1) is 0 Å². The average molecular weight is 204 g/mol. The molecule has 1 unspecified atom stereocenters. The Balaban J connectivity index is 2.34. The number of fused-ring (bicyclic) bond motifs is 1. The number of rotatable bonds is 3. The summed E-state index contributed by atoms with van der Waals surface area (Å²) in [4.78, 5) is 21.9. The van der Waals surface area contributed by atoms with Gasteiger partial charge in [0.15, 0.2) is 0 Å². The zero-order chi connectivity index (χ0) is 10.8. The Morgan fingerprint density at radius 2 is 2.33 bits per heavy atom. The molecular weight excluding hydrogens is 192 g/mol.